The number of pyridine rings is 1. The Morgan fingerprint density at radius 3 is 2.38 bits per heavy atom. The van der Waals surface area contributed by atoms with E-state index < -0.39 is 0 Å². The highest BCUT2D eigenvalue weighted by Crippen LogP contribution is 2.31. The second-order valence-corrected chi connectivity index (χ2v) is 7.62. The van der Waals surface area contributed by atoms with Gasteiger partial charge in [-0.25, -0.2) is 4.39 Å². The van der Waals surface area contributed by atoms with Crippen molar-refractivity contribution in [3.63, 3.8) is 0 Å². The van der Waals surface area contributed by atoms with Gasteiger partial charge in [-0.15, -0.1) is 0 Å². The molecule has 0 saturated carbocycles. The van der Waals surface area contributed by atoms with E-state index in [4.69, 9.17) is 0 Å². The molecule has 0 aliphatic rings. The van der Waals surface area contributed by atoms with E-state index in [1.54, 1.807) is 18.3 Å². The molecular weight excluding hydrogens is 357 g/mol. The molecule has 4 rings (SSSR count). The zero-order chi connectivity index (χ0) is 20.1. The van der Waals surface area contributed by atoms with Gasteiger partial charge >= 0.3 is 0 Å². The maximum atomic E-state index is 14.5. The molecule has 0 unspecified atom stereocenters. The molecule has 0 bridgehead atoms. The van der Waals surface area contributed by atoms with Gasteiger partial charge in [0, 0.05) is 17.1 Å². The summed E-state index contributed by atoms with van der Waals surface area (Å²) in [6, 6.07) is 23.8. The van der Waals surface area contributed by atoms with Gasteiger partial charge in [0.1, 0.15) is 5.82 Å². The van der Waals surface area contributed by atoms with Crippen LogP contribution in [0.4, 0.5) is 4.39 Å². The van der Waals surface area contributed by atoms with Gasteiger partial charge in [-0.2, -0.15) is 0 Å². The average Bonchev–Trinajstić information content (AvgIpc) is 2.76. The van der Waals surface area contributed by atoms with Crippen LogP contribution in [0.25, 0.3) is 33.2 Å². The van der Waals surface area contributed by atoms with E-state index in [9.17, 15) is 4.39 Å². The van der Waals surface area contributed by atoms with Gasteiger partial charge in [-0.3, -0.25) is 4.98 Å². The molecule has 4 aromatic rings. The first kappa shape index (κ1) is 19.3. The molecule has 0 radical (unpaired) electrons. The summed E-state index contributed by atoms with van der Waals surface area (Å²) in [6.07, 6.45) is 7.95. The van der Waals surface area contributed by atoms with Crippen molar-refractivity contribution in [3.8, 4) is 22.4 Å². The molecule has 0 atom stereocenters. The molecule has 1 heterocycles. The van der Waals surface area contributed by atoms with Crippen LogP contribution in [0, 0.1) is 5.82 Å². The Labute approximate surface area is 172 Å². The molecule has 0 N–H and O–H groups in total. The van der Waals surface area contributed by atoms with E-state index in [0.29, 0.717) is 0 Å². The summed E-state index contributed by atoms with van der Waals surface area (Å²) in [5.74, 6) is -0.240. The van der Waals surface area contributed by atoms with Crippen LogP contribution >= 0.6 is 0 Å². The third-order valence-electron chi connectivity index (χ3n) is 5.45. The molecule has 2 heteroatoms. The number of fused-ring (bicyclic) bond motifs is 1. The van der Waals surface area contributed by atoms with Gasteiger partial charge in [0.15, 0.2) is 0 Å². The van der Waals surface area contributed by atoms with Crippen LogP contribution in [0.1, 0.15) is 38.2 Å². The first-order chi connectivity index (χ1) is 14.2. The summed E-state index contributed by atoms with van der Waals surface area (Å²) in [4.78, 5) is 4.55. The van der Waals surface area contributed by atoms with Crippen molar-refractivity contribution in [2.45, 2.75) is 39.0 Å². The van der Waals surface area contributed by atoms with Crippen LogP contribution in [0.15, 0.2) is 79.0 Å². The molecule has 0 aliphatic heterocycles. The standard InChI is InChI=1S/C27H26FN/c1-2-3-4-5-8-20-11-13-21(14-12-20)23-17-24(19-25(28)18-23)27-26-10-7-6-9-22(26)15-16-29-27/h6-7,9-19H,2-5,8H2,1H3. The lowest BCUT2D eigenvalue weighted by molar-refractivity contribution is 0.629. The summed E-state index contributed by atoms with van der Waals surface area (Å²) in [7, 11) is 0. The van der Waals surface area contributed by atoms with Crippen LogP contribution < -0.4 is 0 Å². The number of rotatable bonds is 7. The Kier molecular flexibility index (Phi) is 6.00. The number of unbranched alkanes of at least 4 members (excludes halogenated alkanes) is 3. The quantitative estimate of drug-likeness (QED) is 0.296. The van der Waals surface area contributed by atoms with Crippen molar-refractivity contribution in [2.75, 3.05) is 0 Å². The van der Waals surface area contributed by atoms with E-state index in [-0.39, 0.29) is 5.82 Å². The zero-order valence-corrected chi connectivity index (χ0v) is 16.9. The minimum Gasteiger partial charge on any atom is -0.256 e. The van der Waals surface area contributed by atoms with Crippen LogP contribution in [0.3, 0.4) is 0 Å². The van der Waals surface area contributed by atoms with Crippen molar-refractivity contribution in [1.29, 1.82) is 0 Å². The van der Waals surface area contributed by atoms with Gasteiger partial charge in [-0.1, -0.05) is 74.7 Å². The number of hydrogen-bond acceptors (Lipinski definition) is 1. The molecule has 3 aromatic carbocycles. The van der Waals surface area contributed by atoms with Crippen LogP contribution in [-0.2, 0) is 6.42 Å². The molecule has 0 fully saturated rings. The highest BCUT2D eigenvalue weighted by Gasteiger charge is 2.09. The molecule has 0 spiro atoms. The van der Waals surface area contributed by atoms with Crippen molar-refractivity contribution in [3.05, 3.63) is 90.4 Å². The highest BCUT2D eigenvalue weighted by atomic mass is 19.1. The lowest BCUT2D eigenvalue weighted by atomic mass is 9.97. The number of benzene rings is 3. The van der Waals surface area contributed by atoms with E-state index in [0.717, 1.165) is 39.6 Å². The Balaban J connectivity index is 1.63. The summed E-state index contributed by atoms with van der Waals surface area (Å²) in [6.45, 7) is 2.23. The molecular formula is C27H26FN. The van der Waals surface area contributed by atoms with E-state index in [1.165, 1.54) is 31.2 Å². The molecule has 146 valence electrons. The maximum absolute atomic E-state index is 14.5. The number of halogens is 1. The number of hydrogen-bond donors (Lipinski definition) is 0. The first-order valence-corrected chi connectivity index (χ1v) is 10.5. The minimum atomic E-state index is -0.240. The fourth-order valence-corrected chi connectivity index (χ4v) is 3.86. The summed E-state index contributed by atoms with van der Waals surface area (Å²) < 4.78 is 14.5. The second kappa shape index (κ2) is 9.00. The Morgan fingerprint density at radius 2 is 1.55 bits per heavy atom. The Hall–Kier alpha value is -3.00. The van der Waals surface area contributed by atoms with E-state index in [1.807, 2.05) is 30.3 Å². The van der Waals surface area contributed by atoms with Gasteiger partial charge in [0.05, 0.1) is 5.69 Å². The molecule has 0 saturated heterocycles. The molecule has 0 amide bonds. The maximum Gasteiger partial charge on any atom is 0.124 e. The number of nitrogens with zero attached hydrogens (tertiary/aromatic N) is 1. The van der Waals surface area contributed by atoms with E-state index >= 15 is 0 Å². The van der Waals surface area contributed by atoms with Crippen molar-refractivity contribution >= 4 is 10.8 Å². The fourth-order valence-electron chi connectivity index (χ4n) is 3.86. The lowest BCUT2D eigenvalue weighted by Crippen LogP contribution is -1.90. The molecule has 0 aliphatic carbocycles. The summed E-state index contributed by atoms with van der Waals surface area (Å²) >= 11 is 0. The van der Waals surface area contributed by atoms with Gasteiger partial charge in [-0.05, 0) is 59.2 Å². The third kappa shape index (κ3) is 4.54. The largest absolute Gasteiger partial charge is 0.256 e. The Bertz CT molecular complexity index is 1090. The number of aryl methyl sites for hydroxylation is 1. The predicted molar refractivity (Wildman–Crippen MR) is 120 cm³/mol. The monoisotopic (exact) mass is 383 g/mol. The minimum absolute atomic E-state index is 0.240. The average molecular weight is 384 g/mol. The third-order valence-corrected chi connectivity index (χ3v) is 5.45. The lowest BCUT2D eigenvalue weighted by Gasteiger charge is -2.10. The van der Waals surface area contributed by atoms with Crippen LogP contribution in [-0.4, -0.2) is 4.98 Å². The predicted octanol–water partition coefficient (Wildman–Crippen LogP) is 7.83. The van der Waals surface area contributed by atoms with Gasteiger partial charge < -0.3 is 0 Å². The Morgan fingerprint density at radius 1 is 0.759 bits per heavy atom. The van der Waals surface area contributed by atoms with Crippen LogP contribution in [0.5, 0.6) is 0 Å². The summed E-state index contributed by atoms with van der Waals surface area (Å²) in [5.41, 5.74) is 4.88. The second-order valence-electron chi connectivity index (χ2n) is 7.62. The van der Waals surface area contributed by atoms with Gasteiger partial charge in [0.25, 0.3) is 0 Å². The number of aromatic nitrogens is 1. The molecule has 29 heavy (non-hydrogen) atoms. The van der Waals surface area contributed by atoms with E-state index in [2.05, 4.69) is 42.2 Å². The van der Waals surface area contributed by atoms with Gasteiger partial charge in [0.2, 0.25) is 0 Å². The normalized spacial score (nSPS) is 11.1. The SMILES string of the molecule is CCCCCCc1ccc(-c2cc(F)cc(-c3nccc4ccccc34)c2)cc1. The van der Waals surface area contributed by atoms with Crippen molar-refractivity contribution in [1.82, 2.24) is 4.98 Å². The smallest absolute Gasteiger partial charge is 0.124 e. The fraction of sp³-hybridized carbons (Fsp3) is 0.222. The first-order valence-electron chi connectivity index (χ1n) is 10.5. The zero-order valence-electron chi connectivity index (χ0n) is 16.9. The molecule has 1 aromatic heterocycles. The molecule has 1 nitrogen and oxygen atoms in total. The summed E-state index contributed by atoms with van der Waals surface area (Å²) in [5, 5.41) is 2.14. The van der Waals surface area contributed by atoms with Crippen molar-refractivity contribution in [2.24, 2.45) is 0 Å². The topological polar surface area (TPSA) is 12.9 Å². The van der Waals surface area contributed by atoms with Crippen LogP contribution in [0.2, 0.25) is 0 Å². The van der Waals surface area contributed by atoms with Crippen molar-refractivity contribution < 1.29 is 4.39 Å². The highest BCUT2D eigenvalue weighted by molar-refractivity contribution is 5.95.